The fraction of sp³-hybridized carbons (Fsp3) is 0.625. The fourth-order valence-corrected chi connectivity index (χ4v) is 5.32. The molecule has 1 aromatic rings. The van der Waals surface area contributed by atoms with E-state index in [0.29, 0.717) is 34.7 Å². The molecule has 2 heterocycles. The van der Waals surface area contributed by atoms with Crippen LogP contribution in [0.3, 0.4) is 0 Å². The van der Waals surface area contributed by atoms with E-state index in [1.54, 1.807) is 12.1 Å². The number of hydrogen-bond acceptors (Lipinski definition) is 4. The van der Waals surface area contributed by atoms with Crippen LogP contribution in [0.4, 0.5) is 4.39 Å². The van der Waals surface area contributed by atoms with E-state index in [9.17, 15) is 9.50 Å². The van der Waals surface area contributed by atoms with Gasteiger partial charge < -0.3 is 14.6 Å². The van der Waals surface area contributed by atoms with Gasteiger partial charge in [-0.2, -0.15) is 11.8 Å². The Bertz CT molecular complexity index is 496. The van der Waals surface area contributed by atoms with E-state index in [4.69, 9.17) is 9.47 Å². The largest absolute Gasteiger partial charge is 0.467 e. The SMILES string of the molecule is COCOc1ccc(C2(O)CC3CCCC(C2)S3)c(F)c1. The van der Waals surface area contributed by atoms with Crippen molar-refractivity contribution in [3.05, 3.63) is 29.6 Å². The Balaban J connectivity index is 1.82. The van der Waals surface area contributed by atoms with Crippen molar-refractivity contribution in [3.8, 4) is 5.75 Å². The molecule has 21 heavy (non-hydrogen) atoms. The molecule has 1 N–H and O–H groups in total. The minimum Gasteiger partial charge on any atom is -0.467 e. The molecule has 0 aromatic heterocycles. The van der Waals surface area contributed by atoms with Crippen LogP contribution in [0.5, 0.6) is 5.75 Å². The molecule has 0 spiro atoms. The summed E-state index contributed by atoms with van der Waals surface area (Å²) >= 11 is 1.97. The molecule has 2 atom stereocenters. The zero-order valence-corrected chi connectivity index (χ0v) is 13.0. The summed E-state index contributed by atoms with van der Waals surface area (Å²) in [7, 11) is 1.52. The zero-order valence-electron chi connectivity index (χ0n) is 12.2. The van der Waals surface area contributed by atoms with Crippen molar-refractivity contribution < 1.29 is 19.0 Å². The molecule has 3 rings (SSSR count). The quantitative estimate of drug-likeness (QED) is 0.864. The number of methoxy groups -OCH3 is 1. The molecular formula is C16H21FO3S. The number of benzene rings is 1. The van der Waals surface area contributed by atoms with Crippen LogP contribution in [0.2, 0.25) is 0 Å². The first-order valence-corrected chi connectivity index (χ1v) is 8.34. The monoisotopic (exact) mass is 312 g/mol. The van der Waals surface area contributed by atoms with Crippen LogP contribution >= 0.6 is 11.8 Å². The van der Waals surface area contributed by atoms with Crippen LogP contribution in [0.15, 0.2) is 18.2 Å². The maximum atomic E-state index is 14.4. The lowest BCUT2D eigenvalue weighted by Crippen LogP contribution is -2.41. The third-order valence-corrected chi connectivity index (χ3v) is 5.93. The van der Waals surface area contributed by atoms with Crippen molar-refractivity contribution >= 4 is 11.8 Å². The van der Waals surface area contributed by atoms with E-state index in [1.165, 1.54) is 19.6 Å². The summed E-state index contributed by atoms with van der Waals surface area (Å²) in [4.78, 5) is 0. The molecule has 2 bridgehead atoms. The Hall–Kier alpha value is -0.780. The van der Waals surface area contributed by atoms with Crippen LogP contribution in [-0.4, -0.2) is 29.5 Å². The summed E-state index contributed by atoms with van der Waals surface area (Å²) in [5.74, 6) is 0.0307. The van der Waals surface area contributed by atoms with Crippen LogP contribution in [-0.2, 0) is 10.3 Å². The average Bonchev–Trinajstić information content (AvgIpc) is 2.44. The highest BCUT2D eigenvalue weighted by Crippen LogP contribution is 2.50. The molecule has 1 aromatic carbocycles. The van der Waals surface area contributed by atoms with E-state index in [1.807, 2.05) is 11.8 Å². The summed E-state index contributed by atoms with van der Waals surface area (Å²) in [5.41, 5.74) is -0.630. The lowest BCUT2D eigenvalue weighted by atomic mass is 9.80. The predicted octanol–water partition coefficient (Wildman–Crippen LogP) is 3.44. The molecule has 2 fully saturated rings. The number of halogens is 1. The van der Waals surface area contributed by atoms with E-state index in [2.05, 4.69) is 0 Å². The molecule has 116 valence electrons. The third kappa shape index (κ3) is 3.20. The van der Waals surface area contributed by atoms with Crippen LogP contribution in [0.1, 0.15) is 37.7 Å². The van der Waals surface area contributed by atoms with Gasteiger partial charge >= 0.3 is 0 Å². The van der Waals surface area contributed by atoms with Crippen molar-refractivity contribution in [2.45, 2.75) is 48.2 Å². The fourth-order valence-electron chi connectivity index (χ4n) is 3.43. The molecule has 2 aliphatic heterocycles. The van der Waals surface area contributed by atoms with E-state index < -0.39 is 11.4 Å². The maximum Gasteiger partial charge on any atom is 0.188 e. The number of fused-ring (bicyclic) bond motifs is 2. The summed E-state index contributed by atoms with van der Waals surface area (Å²) in [6, 6.07) is 4.70. The maximum absolute atomic E-state index is 14.4. The number of hydrogen-bond donors (Lipinski definition) is 1. The standard InChI is InChI=1S/C16H21FO3S/c1-19-10-20-11-5-6-14(15(17)7-11)16(18)8-12-3-2-4-13(9-16)21-12/h5-7,12-13,18H,2-4,8-10H2,1H3. The van der Waals surface area contributed by atoms with Crippen molar-refractivity contribution in [2.75, 3.05) is 13.9 Å². The average molecular weight is 312 g/mol. The van der Waals surface area contributed by atoms with E-state index in [0.717, 1.165) is 12.8 Å². The normalized spacial score (nSPS) is 32.0. The Morgan fingerprint density at radius 1 is 1.33 bits per heavy atom. The van der Waals surface area contributed by atoms with Gasteiger partial charge in [-0.25, -0.2) is 4.39 Å². The second-order valence-electron chi connectivity index (χ2n) is 5.94. The van der Waals surface area contributed by atoms with Gasteiger partial charge in [-0.1, -0.05) is 6.42 Å². The van der Waals surface area contributed by atoms with Crippen molar-refractivity contribution in [1.29, 1.82) is 0 Å². The minimum atomic E-state index is -1.04. The summed E-state index contributed by atoms with van der Waals surface area (Å²) in [6.07, 6.45) is 4.76. The molecule has 0 radical (unpaired) electrons. The Kier molecular flexibility index (Phi) is 4.43. The van der Waals surface area contributed by atoms with Crippen molar-refractivity contribution in [3.63, 3.8) is 0 Å². The van der Waals surface area contributed by atoms with Gasteiger partial charge in [-0.05, 0) is 37.8 Å². The number of thioether (sulfide) groups is 1. The molecule has 3 nitrogen and oxygen atoms in total. The Labute approximate surface area is 128 Å². The Morgan fingerprint density at radius 2 is 2.05 bits per heavy atom. The highest BCUT2D eigenvalue weighted by atomic mass is 32.2. The molecule has 5 heteroatoms. The van der Waals surface area contributed by atoms with Crippen LogP contribution in [0.25, 0.3) is 0 Å². The van der Waals surface area contributed by atoms with Gasteiger partial charge in [0, 0.05) is 29.2 Å². The predicted molar refractivity (Wildman–Crippen MR) is 81.1 cm³/mol. The smallest absolute Gasteiger partial charge is 0.188 e. The number of rotatable bonds is 4. The molecule has 0 aliphatic carbocycles. The van der Waals surface area contributed by atoms with Crippen molar-refractivity contribution in [2.24, 2.45) is 0 Å². The van der Waals surface area contributed by atoms with Gasteiger partial charge in [-0.3, -0.25) is 0 Å². The van der Waals surface area contributed by atoms with Gasteiger partial charge in [0.05, 0.1) is 5.60 Å². The third-order valence-electron chi connectivity index (χ3n) is 4.35. The van der Waals surface area contributed by atoms with Crippen LogP contribution < -0.4 is 4.74 Å². The van der Waals surface area contributed by atoms with Crippen molar-refractivity contribution in [1.82, 2.24) is 0 Å². The number of aliphatic hydroxyl groups is 1. The van der Waals surface area contributed by atoms with Gasteiger partial charge in [0.15, 0.2) is 6.79 Å². The first-order valence-electron chi connectivity index (χ1n) is 7.40. The second-order valence-corrected chi connectivity index (χ2v) is 7.55. The molecular weight excluding hydrogens is 291 g/mol. The molecule has 0 saturated carbocycles. The van der Waals surface area contributed by atoms with E-state index in [-0.39, 0.29) is 6.79 Å². The highest BCUT2D eigenvalue weighted by Gasteiger charge is 2.43. The van der Waals surface area contributed by atoms with Gasteiger partial charge in [-0.15, -0.1) is 0 Å². The first kappa shape index (κ1) is 15.1. The zero-order chi connectivity index (χ0) is 14.9. The lowest BCUT2D eigenvalue weighted by Gasteiger charge is -2.44. The number of ether oxygens (including phenoxy) is 2. The van der Waals surface area contributed by atoms with Crippen LogP contribution in [0, 0.1) is 5.82 Å². The summed E-state index contributed by atoms with van der Waals surface area (Å²) in [6.45, 7) is 0.0871. The summed E-state index contributed by atoms with van der Waals surface area (Å²) in [5, 5.41) is 11.9. The van der Waals surface area contributed by atoms with Gasteiger partial charge in [0.1, 0.15) is 11.6 Å². The second kappa shape index (κ2) is 6.15. The summed E-state index contributed by atoms with van der Waals surface area (Å²) < 4.78 is 24.4. The van der Waals surface area contributed by atoms with E-state index >= 15 is 0 Å². The first-order chi connectivity index (χ1) is 10.1. The lowest BCUT2D eigenvalue weighted by molar-refractivity contribution is 0.00470. The minimum absolute atomic E-state index is 0.0871. The highest BCUT2D eigenvalue weighted by molar-refractivity contribution is 8.00. The van der Waals surface area contributed by atoms with Gasteiger partial charge in [0.25, 0.3) is 0 Å². The van der Waals surface area contributed by atoms with Gasteiger partial charge in [0.2, 0.25) is 0 Å². The molecule has 2 unspecified atom stereocenters. The Morgan fingerprint density at radius 3 is 2.67 bits per heavy atom. The topological polar surface area (TPSA) is 38.7 Å². The molecule has 2 saturated heterocycles. The molecule has 2 aliphatic rings. The molecule has 0 amide bonds.